The number of allylic oxidation sites excluding steroid dienone is 3. The fourth-order valence-corrected chi connectivity index (χ4v) is 2.53. The van der Waals surface area contributed by atoms with Gasteiger partial charge >= 0.3 is 6.09 Å². The molecule has 1 amide bonds. The summed E-state index contributed by atoms with van der Waals surface area (Å²) >= 11 is 0. The minimum Gasteiger partial charge on any atom is -0.444 e. The molecular weight excluding hydrogens is 262 g/mol. The van der Waals surface area contributed by atoms with Gasteiger partial charge in [-0.05, 0) is 39.2 Å². The van der Waals surface area contributed by atoms with Gasteiger partial charge in [0.05, 0.1) is 0 Å². The number of carbonyl (C=O) groups excluding carboxylic acids is 1. The zero-order chi connectivity index (χ0) is 16.1. The van der Waals surface area contributed by atoms with E-state index < -0.39 is 5.60 Å². The average Bonchev–Trinajstić information content (AvgIpc) is 2.57. The van der Waals surface area contributed by atoms with Crippen molar-refractivity contribution in [2.75, 3.05) is 13.1 Å². The van der Waals surface area contributed by atoms with Crippen LogP contribution < -0.4 is 0 Å². The average molecular weight is 291 g/mol. The van der Waals surface area contributed by atoms with E-state index in [0.29, 0.717) is 6.54 Å². The molecule has 1 aliphatic rings. The topological polar surface area (TPSA) is 29.5 Å². The van der Waals surface area contributed by atoms with Crippen molar-refractivity contribution in [3.8, 4) is 0 Å². The number of ether oxygens (including phenoxy) is 1. The zero-order valence-electron chi connectivity index (χ0n) is 13.9. The molecule has 1 saturated heterocycles. The van der Waals surface area contributed by atoms with Crippen LogP contribution in [0.1, 0.15) is 47.0 Å². The van der Waals surface area contributed by atoms with Crippen LogP contribution in [0.2, 0.25) is 0 Å². The number of rotatable bonds is 3. The molecule has 0 aromatic carbocycles. The second-order valence-corrected chi connectivity index (χ2v) is 7.04. The molecule has 0 aromatic rings. The van der Waals surface area contributed by atoms with Crippen LogP contribution in [-0.4, -0.2) is 29.7 Å². The van der Waals surface area contributed by atoms with Crippen LogP contribution in [0.15, 0.2) is 37.0 Å². The SMILES string of the molecule is C=C/C=C/C(=C)C1(C)CCCCN(C(=O)OC(C)(C)C)C1. The predicted molar refractivity (Wildman–Crippen MR) is 88.2 cm³/mol. The van der Waals surface area contributed by atoms with Crippen molar-refractivity contribution in [3.63, 3.8) is 0 Å². The van der Waals surface area contributed by atoms with Crippen LogP contribution in [0.25, 0.3) is 0 Å². The first-order valence-electron chi connectivity index (χ1n) is 7.64. The van der Waals surface area contributed by atoms with Crippen molar-refractivity contribution in [1.29, 1.82) is 0 Å². The van der Waals surface area contributed by atoms with Gasteiger partial charge in [-0.2, -0.15) is 0 Å². The van der Waals surface area contributed by atoms with Crippen LogP contribution in [0.3, 0.4) is 0 Å². The third-order valence-electron chi connectivity index (χ3n) is 3.81. The van der Waals surface area contributed by atoms with E-state index in [1.54, 1.807) is 6.08 Å². The van der Waals surface area contributed by atoms with Crippen molar-refractivity contribution in [3.05, 3.63) is 37.0 Å². The quantitative estimate of drug-likeness (QED) is 0.705. The number of hydrogen-bond donors (Lipinski definition) is 0. The standard InChI is InChI=1S/C18H29NO2/c1-7-8-11-15(2)18(6)12-9-10-13-19(14-18)16(20)21-17(3,4)5/h7-8,11H,1-2,9-10,12-14H2,3-6H3/b11-8+. The summed E-state index contributed by atoms with van der Waals surface area (Å²) in [6.45, 7) is 17.1. The van der Waals surface area contributed by atoms with E-state index in [9.17, 15) is 4.79 Å². The van der Waals surface area contributed by atoms with E-state index in [1.807, 2.05) is 37.8 Å². The first kappa shape index (κ1) is 17.5. The summed E-state index contributed by atoms with van der Waals surface area (Å²) < 4.78 is 5.51. The first-order valence-corrected chi connectivity index (χ1v) is 7.64. The van der Waals surface area contributed by atoms with Crippen LogP contribution in [0.5, 0.6) is 0 Å². The molecule has 1 unspecified atom stereocenters. The van der Waals surface area contributed by atoms with Crippen molar-refractivity contribution in [2.45, 2.75) is 52.6 Å². The molecule has 0 spiro atoms. The summed E-state index contributed by atoms with van der Waals surface area (Å²) in [6, 6.07) is 0. The summed E-state index contributed by atoms with van der Waals surface area (Å²) in [7, 11) is 0. The summed E-state index contributed by atoms with van der Waals surface area (Å²) in [5.74, 6) is 0. The molecular formula is C18H29NO2. The van der Waals surface area contributed by atoms with E-state index in [1.165, 1.54) is 0 Å². The van der Waals surface area contributed by atoms with Crippen molar-refractivity contribution in [1.82, 2.24) is 4.90 Å². The van der Waals surface area contributed by atoms with Gasteiger partial charge in [0.15, 0.2) is 0 Å². The summed E-state index contributed by atoms with van der Waals surface area (Å²) in [5.41, 5.74) is 0.477. The Hall–Kier alpha value is -1.51. The Morgan fingerprint density at radius 3 is 2.57 bits per heavy atom. The Labute approximate surface area is 129 Å². The fourth-order valence-electron chi connectivity index (χ4n) is 2.53. The van der Waals surface area contributed by atoms with Gasteiger partial charge in [-0.25, -0.2) is 4.79 Å². The molecule has 21 heavy (non-hydrogen) atoms. The molecule has 0 N–H and O–H groups in total. The lowest BCUT2D eigenvalue weighted by atomic mass is 9.78. The second-order valence-electron chi connectivity index (χ2n) is 7.04. The number of hydrogen-bond acceptors (Lipinski definition) is 2. The molecule has 0 saturated carbocycles. The number of carbonyl (C=O) groups is 1. The fraction of sp³-hybridized carbons (Fsp3) is 0.611. The van der Waals surface area contributed by atoms with Gasteiger partial charge in [-0.15, -0.1) is 0 Å². The van der Waals surface area contributed by atoms with Crippen LogP contribution in [0, 0.1) is 5.41 Å². The molecule has 1 fully saturated rings. The summed E-state index contributed by atoms with van der Waals surface area (Å²) in [4.78, 5) is 14.2. The van der Waals surface area contributed by atoms with Crippen LogP contribution >= 0.6 is 0 Å². The Balaban J connectivity index is 2.85. The molecule has 3 heteroatoms. The highest BCUT2D eigenvalue weighted by Crippen LogP contribution is 2.36. The van der Waals surface area contributed by atoms with Gasteiger partial charge in [0, 0.05) is 18.5 Å². The van der Waals surface area contributed by atoms with Gasteiger partial charge < -0.3 is 9.64 Å². The molecule has 0 aromatic heterocycles. The maximum absolute atomic E-state index is 12.3. The number of amides is 1. The molecule has 118 valence electrons. The summed E-state index contributed by atoms with van der Waals surface area (Å²) in [5, 5.41) is 0. The monoisotopic (exact) mass is 291 g/mol. The van der Waals surface area contributed by atoms with E-state index in [0.717, 1.165) is 31.4 Å². The normalized spacial score (nSPS) is 23.7. The van der Waals surface area contributed by atoms with Crippen molar-refractivity contribution >= 4 is 6.09 Å². The number of likely N-dealkylation sites (tertiary alicyclic amines) is 1. The number of nitrogens with zero attached hydrogens (tertiary/aromatic N) is 1. The highest BCUT2D eigenvalue weighted by molar-refractivity contribution is 5.68. The minimum atomic E-state index is -0.459. The van der Waals surface area contributed by atoms with Crippen LogP contribution in [0.4, 0.5) is 4.79 Å². The largest absolute Gasteiger partial charge is 0.444 e. The second kappa shape index (κ2) is 6.97. The Bertz CT molecular complexity index is 431. The van der Waals surface area contributed by atoms with Crippen molar-refractivity contribution < 1.29 is 9.53 Å². The lowest BCUT2D eigenvalue weighted by Crippen LogP contribution is -2.42. The third kappa shape index (κ3) is 5.41. The summed E-state index contributed by atoms with van der Waals surface area (Å²) in [6.07, 6.45) is 8.55. The Morgan fingerprint density at radius 2 is 2.00 bits per heavy atom. The van der Waals surface area contributed by atoms with E-state index in [2.05, 4.69) is 20.1 Å². The molecule has 1 rings (SSSR count). The van der Waals surface area contributed by atoms with Gasteiger partial charge in [-0.3, -0.25) is 0 Å². The predicted octanol–water partition coefficient (Wildman–Crippen LogP) is 4.71. The Morgan fingerprint density at radius 1 is 1.33 bits per heavy atom. The highest BCUT2D eigenvalue weighted by atomic mass is 16.6. The van der Waals surface area contributed by atoms with E-state index in [-0.39, 0.29) is 11.5 Å². The zero-order valence-corrected chi connectivity index (χ0v) is 13.9. The van der Waals surface area contributed by atoms with Crippen LogP contribution in [-0.2, 0) is 4.74 Å². The molecule has 3 nitrogen and oxygen atoms in total. The maximum atomic E-state index is 12.3. The molecule has 0 bridgehead atoms. The third-order valence-corrected chi connectivity index (χ3v) is 3.81. The Kier molecular flexibility index (Phi) is 5.82. The van der Waals surface area contributed by atoms with Gasteiger partial charge in [-0.1, -0.05) is 44.7 Å². The first-order chi connectivity index (χ1) is 9.68. The van der Waals surface area contributed by atoms with Gasteiger partial charge in [0.25, 0.3) is 0 Å². The highest BCUT2D eigenvalue weighted by Gasteiger charge is 2.34. The maximum Gasteiger partial charge on any atom is 0.410 e. The van der Waals surface area contributed by atoms with E-state index >= 15 is 0 Å². The van der Waals surface area contributed by atoms with Gasteiger partial charge in [0.1, 0.15) is 5.60 Å². The lowest BCUT2D eigenvalue weighted by Gasteiger charge is -2.34. The molecule has 0 aliphatic carbocycles. The molecule has 1 aliphatic heterocycles. The smallest absolute Gasteiger partial charge is 0.410 e. The lowest BCUT2D eigenvalue weighted by molar-refractivity contribution is 0.0211. The molecule has 0 radical (unpaired) electrons. The minimum absolute atomic E-state index is 0.104. The van der Waals surface area contributed by atoms with E-state index in [4.69, 9.17) is 4.74 Å². The molecule has 1 atom stereocenters. The molecule has 1 heterocycles. The van der Waals surface area contributed by atoms with Crippen molar-refractivity contribution in [2.24, 2.45) is 5.41 Å². The van der Waals surface area contributed by atoms with Gasteiger partial charge in [0.2, 0.25) is 0 Å².